The Morgan fingerprint density at radius 2 is 1.94 bits per heavy atom. The van der Waals surface area contributed by atoms with E-state index in [0.717, 1.165) is 12.8 Å². The Morgan fingerprint density at radius 3 is 2.57 bits per heavy atom. The molecular formula is C24H22FIN4O5. The summed E-state index contributed by atoms with van der Waals surface area (Å²) in [7, 11) is 1.47. The molecule has 1 amide bonds. The lowest BCUT2D eigenvalue weighted by Gasteiger charge is -2.21. The van der Waals surface area contributed by atoms with E-state index in [0.29, 0.717) is 3.57 Å². The van der Waals surface area contributed by atoms with Gasteiger partial charge in [0.25, 0.3) is 17.2 Å². The van der Waals surface area contributed by atoms with Crippen LogP contribution in [-0.4, -0.2) is 21.4 Å². The molecule has 0 radical (unpaired) electrons. The molecule has 1 fully saturated rings. The Balaban J connectivity index is 1.91. The molecule has 1 heterocycles. The molecular weight excluding hydrogens is 570 g/mol. The van der Waals surface area contributed by atoms with Crippen LogP contribution in [0.25, 0.3) is 0 Å². The summed E-state index contributed by atoms with van der Waals surface area (Å²) in [5.74, 6) is -0.948. The number of carbonyl (C=O) groups is 1. The van der Waals surface area contributed by atoms with Crippen molar-refractivity contribution in [1.29, 1.82) is 0 Å². The van der Waals surface area contributed by atoms with E-state index in [2.05, 4.69) is 10.6 Å². The summed E-state index contributed by atoms with van der Waals surface area (Å²) >= 11 is 1.98. The van der Waals surface area contributed by atoms with Crippen molar-refractivity contribution < 1.29 is 18.8 Å². The molecule has 9 nitrogen and oxygen atoms in total. The second kappa shape index (κ2) is 9.64. The number of nitro groups is 1. The van der Waals surface area contributed by atoms with Crippen LogP contribution in [0.4, 0.5) is 21.6 Å². The van der Waals surface area contributed by atoms with Gasteiger partial charge in [-0.2, -0.15) is 0 Å². The molecule has 0 atom stereocenters. The average Bonchev–Trinajstić information content (AvgIpc) is 3.62. The van der Waals surface area contributed by atoms with Crippen LogP contribution in [0.3, 0.4) is 0 Å². The molecule has 2 N–H and O–H groups in total. The number of nitro benzene ring substituents is 1. The van der Waals surface area contributed by atoms with Crippen LogP contribution in [0, 0.1) is 33.3 Å². The second-order valence-corrected chi connectivity index (χ2v) is 9.54. The average molecular weight is 592 g/mol. The number of halogens is 2. The van der Waals surface area contributed by atoms with Gasteiger partial charge in [-0.1, -0.05) is 6.07 Å². The van der Waals surface area contributed by atoms with E-state index in [4.69, 9.17) is 4.74 Å². The third kappa shape index (κ3) is 4.99. The molecule has 0 saturated heterocycles. The summed E-state index contributed by atoms with van der Waals surface area (Å²) < 4.78 is 22.6. The van der Waals surface area contributed by atoms with Gasteiger partial charge < -0.3 is 15.4 Å². The molecule has 4 rings (SSSR count). The smallest absolute Gasteiger partial charge is 0.276 e. The van der Waals surface area contributed by atoms with Crippen LogP contribution >= 0.6 is 22.6 Å². The third-order valence-corrected chi connectivity index (χ3v) is 6.42. The molecule has 1 aromatic heterocycles. The predicted octanol–water partition coefficient (Wildman–Crippen LogP) is 5.08. The molecule has 0 aliphatic heterocycles. The molecule has 35 heavy (non-hydrogen) atoms. The summed E-state index contributed by atoms with van der Waals surface area (Å²) in [5.41, 5.74) is -0.188. The number of benzene rings is 2. The fourth-order valence-corrected chi connectivity index (χ4v) is 4.08. The Morgan fingerprint density at radius 1 is 1.23 bits per heavy atom. The molecule has 0 spiro atoms. The van der Waals surface area contributed by atoms with Crippen molar-refractivity contribution in [2.45, 2.75) is 32.7 Å². The fraction of sp³-hybridized carbons (Fsp3) is 0.250. The van der Waals surface area contributed by atoms with Crippen molar-refractivity contribution in [2.24, 2.45) is 7.05 Å². The highest BCUT2D eigenvalue weighted by atomic mass is 127. The minimum atomic E-state index is -0.560. The monoisotopic (exact) mass is 592 g/mol. The van der Waals surface area contributed by atoms with E-state index in [1.165, 1.54) is 55.8 Å². The van der Waals surface area contributed by atoms with Gasteiger partial charge in [0, 0.05) is 22.7 Å². The number of carbonyl (C=O) groups excluding carboxylic acids is 1. The number of ether oxygens (including phenoxy) is 1. The maximum atomic E-state index is 14.7. The Labute approximate surface area is 213 Å². The number of pyridine rings is 1. The molecule has 0 unspecified atom stereocenters. The number of rotatable bonds is 7. The second-order valence-electron chi connectivity index (χ2n) is 8.30. The van der Waals surface area contributed by atoms with Gasteiger partial charge in [0.05, 0.1) is 21.7 Å². The third-order valence-electron chi connectivity index (χ3n) is 5.75. The van der Waals surface area contributed by atoms with Crippen molar-refractivity contribution in [3.8, 4) is 11.5 Å². The number of anilines is 2. The van der Waals surface area contributed by atoms with E-state index in [1.807, 2.05) is 22.6 Å². The highest BCUT2D eigenvalue weighted by Gasteiger charge is 2.31. The predicted molar refractivity (Wildman–Crippen MR) is 137 cm³/mol. The topological polar surface area (TPSA) is 116 Å². The van der Waals surface area contributed by atoms with E-state index >= 15 is 0 Å². The standard InChI is InChI=1S/C24H22FIN4O5/c1-12-18(30(33)34)5-4-6-19(12)35-21-13(2)24(32)29(3)22(20(21)23(31)27-15-8-9-15)28-17-10-7-14(26)11-16(17)25/h4-7,10-11,15,28H,8-9H2,1-3H3,(H,27,31). The zero-order valence-corrected chi connectivity index (χ0v) is 21.3. The van der Waals surface area contributed by atoms with E-state index < -0.39 is 22.2 Å². The van der Waals surface area contributed by atoms with Gasteiger partial charge in [0.2, 0.25) is 0 Å². The van der Waals surface area contributed by atoms with Crippen LogP contribution in [0.15, 0.2) is 41.2 Å². The molecule has 182 valence electrons. The van der Waals surface area contributed by atoms with Crippen molar-refractivity contribution >= 4 is 45.7 Å². The maximum absolute atomic E-state index is 14.7. The van der Waals surface area contributed by atoms with Gasteiger partial charge >= 0.3 is 0 Å². The van der Waals surface area contributed by atoms with Crippen LogP contribution in [0.1, 0.15) is 34.3 Å². The van der Waals surface area contributed by atoms with Crippen LogP contribution in [0.5, 0.6) is 11.5 Å². The van der Waals surface area contributed by atoms with Crippen molar-refractivity contribution in [2.75, 3.05) is 5.32 Å². The number of aromatic nitrogens is 1. The SMILES string of the molecule is Cc1c(Oc2c(C(=O)NC3CC3)c(Nc3ccc(I)cc3F)n(C)c(=O)c2C)cccc1[N+](=O)[O-]. The van der Waals surface area contributed by atoms with Crippen molar-refractivity contribution in [3.05, 3.63) is 82.9 Å². The highest BCUT2D eigenvalue weighted by Crippen LogP contribution is 2.37. The molecule has 1 saturated carbocycles. The lowest BCUT2D eigenvalue weighted by Crippen LogP contribution is -2.31. The quantitative estimate of drug-likeness (QED) is 0.225. The number of nitrogens with zero attached hydrogens (tertiary/aromatic N) is 2. The van der Waals surface area contributed by atoms with Crippen molar-refractivity contribution in [3.63, 3.8) is 0 Å². The molecule has 0 bridgehead atoms. The molecule has 1 aliphatic rings. The van der Waals surface area contributed by atoms with Gasteiger partial charge in [-0.15, -0.1) is 0 Å². The van der Waals surface area contributed by atoms with Crippen LogP contribution < -0.4 is 20.9 Å². The fourth-order valence-electron chi connectivity index (χ4n) is 3.62. The zero-order valence-electron chi connectivity index (χ0n) is 19.1. The molecule has 2 aromatic carbocycles. The van der Waals surface area contributed by atoms with E-state index in [1.54, 1.807) is 6.07 Å². The van der Waals surface area contributed by atoms with Crippen LogP contribution in [-0.2, 0) is 7.05 Å². The van der Waals surface area contributed by atoms with Gasteiger partial charge in [-0.3, -0.25) is 24.3 Å². The maximum Gasteiger partial charge on any atom is 0.276 e. The van der Waals surface area contributed by atoms with E-state index in [-0.39, 0.29) is 51.4 Å². The summed E-state index contributed by atoms with van der Waals surface area (Å²) in [6, 6.07) is 8.83. The van der Waals surface area contributed by atoms with Crippen LogP contribution in [0.2, 0.25) is 0 Å². The Hall–Kier alpha value is -3.48. The Kier molecular flexibility index (Phi) is 6.79. The van der Waals surface area contributed by atoms with Gasteiger partial charge in [0.1, 0.15) is 22.9 Å². The number of amides is 1. The Bertz CT molecular complexity index is 1420. The number of hydrogen-bond acceptors (Lipinski definition) is 6. The summed E-state index contributed by atoms with van der Waals surface area (Å²) in [6.45, 7) is 3.03. The van der Waals surface area contributed by atoms with Gasteiger partial charge in [-0.05, 0) is 73.5 Å². The number of nitrogens with one attached hydrogen (secondary N) is 2. The minimum Gasteiger partial charge on any atom is -0.455 e. The highest BCUT2D eigenvalue weighted by molar-refractivity contribution is 14.1. The minimum absolute atomic E-state index is 0.000330. The van der Waals surface area contributed by atoms with E-state index in [9.17, 15) is 24.1 Å². The summed E-state index contributed by atoms with van der Waals surface area (Å²) in [6.07, 6.45) is 1.65. The molecule has 11 heteroatoms. The zero-order chi connectivity index (χ0) is 25.4. The first-order valence-electron chi connectivity index (χ1n) is 10.8. The van der Waals surface area contributed by atoms with Gasteiger partial charge in [-0.25, -0.2) is 4.39 Å². The largest absolute Gasteiger partial charge is 0.455 e. The normalized spacial score (nSPS) is 12.8. The first kappa shape index (κ1) is 24.6. The summed E-state index contributed by atoms with van der Waals surface area (Å²) in [4.78, 5) is 37.3. The first-order valence-corrected chi connectivity index (χ1v) is 11.8. The van der Waals surface area contributed by atoms with Gasteiger partial charge in [0.15, 0.2) is 5.75 Å². The summed E-state index contributed by atoms with van der Waals surface area (Å²) in [5, 5.41) is 17.2. The first-order chi connectivity index (χ1) is 16.6. The molecule has 1 aliphatic carbocycles. The van der Waals surface area contributed by atoms with Crippen molar-refractivity contribution in [1.82, 2.24) is 9.88 Å². The lowest BCUT2D eigenvalue weighted by atomic mass is 10.1. The molecule has 3 aromatic rings. The number of hydrogen-bond donors (Lipinski definition) is 2. The lowest BCUT2D eigenvalue weighted by molar-refractivity contribution is -0.385.